The van der Waals surface area contributed by atoms with Crippen LogP contribution in [0.2, 0.25) is 0 Å². The van der Waals surface area contributed by atoms with Crippen LogP contribution in [0.5, 0.6) is 0 Å². The number of ether oxygens (including phenoxy) is 2. The Bertz CT molecular complexity index is 1540. The first-order valence-electron chi connectivity index (χ1n) is 16.1. The lowest BCUT2D eigenvalue weighted by Crippen LogP contribution is -2.38. The van der Waals surface area contributed by atoms with Gasteiger partial charge in [0.25, 0.3) is 0 Å². The molecule has 0 fully saturated rings. The summed E-state index contributed by atoms with van der Waals surface area (Å²) >= 11 is 0. The molecule has 0 aliphatic carbocycles. The molecular weight excluding hydrogens is 584 g/mol. The van der Waals surface area contributed by atoms with E-state index < -0.39 is 23.3 Å². The molecule has 0 aromatic heterocycles. The Kier molecular flexibility index (Phi) is 13.2. The van der Waals surface area contributed by atoms with Gasteiger partial charge in [0.1, 0.15) is 17.2 Å². The van der Waals surface area contributed by atoms with E-state index in [1.165, 1.54) is 11.1 Å². The molecule has 0 aliphatic heterocycles. The highest BCUT2D eigenvalue weighted by molar-refractivity contribution is 6.13. The zero-order valence-electron chi connectivity index (χ0n) is 29.1. The van der Waals surface area contributed by atoms with Crippen molar-refractivity contribution < 1.29 is 19.1 Å². The van der Waals surface area contributed by atoms with Crippen molar-refractivity contribution in [3.05, 3.63) is 143 Å². The molecule has 47 heavy (non-hydrogen) atoms. The fourth-order valence-corrected chi connectivity index (χ4v) is 4.60. The molecule has 0 saturated heterocycles. The molecule has 248 valence electrons. The average molecular weight is 635 g/mol. The maximum atomic E-state index is 13.1. The molecule has 0 unspecified atom stereocenters. The van der Waals surface area contributed by atoms with E-state index in [-0.39, 0.29) is 11.9 Å². The highest BCUT2D eigenvalue weighted by Gasteiger charge is 2.26. The number of hydrogen-bond acceptors (Lipinski definition) is 6. The number of carbonyl (C=O) groups is 2. The summed E-state index contributed by atoms with van der Waals surface area (Å²) in [5.41, 5.74) is 12.0. The highest BCUT2D eigenvalue weighted by Crippen LogP contribution is 2.18. The lowest BCUT2D eigenvalue weighted by atomic mass is 10.00. The van der Waals surface area contributed by atoms with Gasteiger partial charge in [-0.05, 0) is 72.9 Å². The predicted octanol–water partition coefficient (Wildman–Crippen LogP) is 7.99. The van der Waals surface area contributed by atoms with Gasteiger partial charge in [0.2, 0.25) is 0 Å². The number of carbonyl (C=O) groups excluding carboxylic acids is 2. The maximum absolute atomic E-state index is 13.1. The second-order valence-electron chi connectivity index (χ2n) is 13.8. The molecule has 0 aliphatic rings. The summed E-state index contributed by atoms with van der Waals surface area (Å²) in [5.74, 6) is -0.662. The van der Waals surface area contributed by atoms with Gasteiger partial charge in [0.15, 0.2) is 6.04 Å². The molecule has 6 heteroatoms. The van der Waals surface area contributed by atoms with E-state index in [1.807, 2.05) is 146 Å². The molecule has 4 aromatic carbocycles. The number of aliphatic imine (C=N–C) groups is 1. The molecule has 0 amide bonds. The van der Waals surface area contributed by atoms with E-state index in [9.17, 15) is 9.59 Å². The minimum absolute atomic E-state index is 0.313. The van der Waals surface area contributed by atoms with Crippen LogP contribution < -0.4 is 5.73 Å². The lowest BCUT2D eigenvalue weighted by Gasteiger charge is -2.23. The number of aryl methyl sites for hydroxylation is 2. The Morgan fingerprint density at radius 3 is 1.38 bits per heavy atom. The minimum atomic E-state index is -0.637. The molecule has 2 N–H and O–H groups in total. The number of hydrogen-bond donors (Lipinski definition) is 1. The first kappa shape index (κ1) is 36.9. The van der Waals surface area contributed by atoms with Gasteiger partial charge >= 0.3 is 11.9 Å². The third-order valence-electron chi connectivity index (χ3n) is 6.89. The molecular formula is C41H50N2O4. The average Bonchev–Trinajstić information content (AvgIpc) is 3.01. The summed E-state index contributed by atoms with van der Waals surface area (Å²) in [4.78, 5) is 29.7. The normalized spacial score (nSPS) is 12.5. The molecule has 0 heterocycles. The van der Waals surface area contributed by atoms with Crippen molar-refractivity contribution in [2.24, 2.45) is 10.7 Å². The molecule has 4 rings (SSSR count). The fraction of sp³-hybridized carbons (Fsp3) is 0.341. The van der Waals surface area contributed by atoms with Gasteiger partial charge in [-0.25, -0.2) is 4.79 Å². The molecule has 0 spiro atoms. The van der Waals surface area contributed by atoms with Gasteiger partial charge in [0, 0.05) is 17.5 Å². The molecule has 0 radical (unpaired) electrons. The van der Waals surface area contributed by atoms with Crippen LogP contribution in [0.1, 0.15) is 74.9 Å². The first-order valence-corrected chi connectivity index (χ1v) is 16.1. The third-order valence-corrected chi connectivity index (χ3v) is 6.89. The molecule has 0 bridgehead atoms. The predicted molar refractivity (Wildman–Crippen MR) is 192 cm³/mol. The topological polar surface area (TPSA) is 91.0 Å². The van der Waals surface area contributed by atoms with Crippen molar-refractivity contribution >= 4 is 17.7 Å². The van der Waals surface area contributed by atoms with Crippen LogP contribution in [-0.4, -0.2) is 40.9 Å². The smallest absolute Gasteiger partial charge is 0.331 e. The number of benzene rings is 4. The van der Waals surface area contributed by atoms with Crippen LogP contribution in [0.4, 0.5) is 0 Å². The number of nitrogens with zero attached hydrogens (tertiary/aromatic N) is 1. The van der Waals surface area contributed by atoms with E-state index in [4.69, 9.17) is 20.2 Å². The Balaban J connectivity index is 0.000000300. The van der Waals surface area contributed by atoms with Crippen molar-refractivity contribution in [1.29, 1.82) is 0 Å². The largest absolute Gasteiger partial charge is 0.459 e. The summed E-state index contributed by atoms with van der Waals surface area (Å²) in [5, 5.41) is 0. The van der Waals surface area contributed by atoms with Crippen LogP contribution in [0.3, 0.4) is 0 Å². The summed E-state index contributed by atoms with van der Waals surface area (Å²) in [6.45, 7) is 15.2. The molecule has 2 atom stereocenters. The fourth-order valence-electron chi connectivity index (χ4n) is 4.60. The molecule has 4 aromatic rings. The maximum Gasteiger partial charge on any atom is 0.331 e. The first-order chi connectivity index (χ1) is 22.1. The van der Waals surface area contributed by atoms with E-state index in [1.54, 1.807) is 0 Å². The Labute approximate surface area is 281 Å². The Morgan fingerprint density at radius 1 is 0.596 bits per heavy atom. The van der Waals surface area contributed by atoms with Crippen LogP contribution in [0.25, 0.3) is 0 Å². The summed E-state index contributed by atoms with van der Waals surface area (Å²) < 4.78 is 11.0. The van der Waals surface area contributed by atoms with E-state index in [2.05, 4.69) is 19.1 Å². The summed E-state index contributed by atoms with van der Waals surface area (Å²) in [6.07, 6.45) is 0.994. The Morgan fingerprint density at radius 2 is 0.979 bits per heavy atom. The van der Waals surface area contributed by atoms with Crippen molar-refractivity contribution in [2.75, 3.05) is 0 Å². The van der Waals surface area contributed by atoms with Gasteiger partial charge in [-0.3, -0.25) is 9.79 Å². The van der Waals surface area contributed by atoms with Crippen LogP contribution in [0, 0.1) is 13.8 Å². The van der Waals surface area contributed by atoms with Crippen molar-refractivity contribution in [3.63, 3.8) is 0 Å². The minimum Gasteiger partial charge on any atom is -0.459 e. The van der Waals surface area contributed by atoms with Gasteiger partial charge in [-0.2, -0.15) is 0 Å². The van der Waals surface area contributed by atoms with Crippen LogP contribution in [0.15, 0.2) is 114 Å². The number of nitrogens with two attached hydrogens (primary N) is 1. The van der Waals surface area contributed by atoms with Crippen LogP contribution >= 0.6 is 0 Å². The van der Waals surface area contributed by atoms with Gasteiger partial charge in [-0.15, -0.1) is 0 Å². The van der Waals surface area contributed by atoms with Crippen molar-refractivity contribution in [2.45, 2.75) is 91.5 Å². The standard InChI is InChI=1S/C27H29NO2.C14H21NO2/c1-20-15-17-21(18-16-20)19-24(26(29)30-27(2,3)4)28-25(22-11-7-5-8-12-22)23-13-9-6-10-14-23;1-10-5-7-11(8-6-10)9-12(15)13(16)17-14(2,3)4/h5-18,24H,19H2,1-4H3;5-8,12H,9,15H2,1-4H3/t24-;12-/m00/s1. The number of rotatable bonds is 9. The van der Waals surface area contributed by atoms with E-state index in [0.29, 0.717) is 12.8 Å². The van der Waals surface area contributed by atoms with Gasteiger partial charge in [0.05, 0.1) is 5.71 Å². The lowest BCUT2D eigenvalue weighted by molar-refractivity contribution is -0.157. The second kappa shape index (κ2) is 16.8. The SMILES string of the molecule is Cc1ccc(C[C@H](N)C(=O)OC(C)(C)C)cc1.Cc1ccc(C[C@H](N=C(c2ccccc2)c2ccccc2)C(=O)OC(C)(C)C)cc1. The zero-order valence-corrected chi connectivity index (χ0v) is 29.1. The quantitative estimate of drug-likeness (QED) is 0.149. The van der Waals surface area contributed by atoms with Crippen LogP contribution in [-0.2, 0) is 31.9 Å². The highest BCUT2D eigenvalue weighted by atomic mass is 16.6. The third kappa shape index (κ3) is 13.4. The second-order valence-corrected chi connectivity index (χ2v) is 13.8. The van der Waals surface area contributed by atoms with E-state index in [0.717, 1.165) is 28.0 Å². The monoisotopic (exact) mass is 634 g/mol. The van der Waals surface area contributed by atoms with Gasteiger partial charge < -0.3 is 15.2 Å². The summed E-state index contributed by atoms with van der Waals surface area (Å²) in [7, 11) is 0. The van der Waals surface area contributed by atoms with Gasteiger partial charge in [-0.1, -0.05) is 120 Å². The molecule has 6 nitrogen and oxygen atoms in total. The van der Waals surface area contributed by atoms with Crippen molar-refractivity contribution in [3.8, 4) is 0 Å². The number of esters is 2. The summed E-state index contributed by atoms with van der Waals surface area (Å²) in [6, 6.07) is 34.9. The Hall–Kier alpha value is -4.55. The zero-order chi connectivity index (χ0) is 34.6. The molecule has 0 saturated carbocycles. The van der Waals surface area contributed by atoms with E-state index >= 15 is 0 Å². The van der Waals surface area contributed by atoms with Crippen molar-refractivity contribution in [1.82, 2.24) is 0 Å².